The topological polar surface area (TPSA) is 66.5 Å². The van der Waals surface area contributed by atoms with Crippen molar-refractivity contribution in [3.63, 3.8) is 0 Å². The van der Waals surface area contributed by atoms with Crippen molar-refractivity contribution in [3.05, 3.63) is 35.9 Å². The van der Waals surface area contributed by atoms with Crippen LogP contribution in [0.1, 0.15) is 24.8 Å². The van der Waals surface area contributed by atoms with E-state index in [4.69, 9.17) is 0 Å². The molecule has 0 aromatic heterocycles. The predicted octanol–water partition coefficient (Wildman–Crippen LogP) is 1.03. The molecular weight excluding hydrogens is 300 g/mol. The summed E-state index contributed by atoms with van der Waals surface area (Å²) in [5.74, 6) is 0.692. The number of carbonyl (C=O) groups excluding carboxylic acids is 1. The van der Waals surface area contributed by atoms with Gasteiger partial charge in [0, 0.05) is 19.6 Å². The van der Waals surface area contributed by atoms with E-state index in [1.807, 2.05) is 23.1 Å². The van der Waals surface area contributed by atoms with Crippen LogP contribution in [0.25, 0.3) is 0 Å². The van der Waals surface area contributed by atoms with Crippen molar-refractivity contribution < 1.29 is 13.2 Å². The van der Waals surface area contributed by atoms with Crippen LogP contribution in [0, 0.1) is 0 Å². The summed E-state index contributed by atoms with van der Waals surface area (Å²) >= 11 is 0. The fraction of sp³-hybridized carbons (Fsp3) is 0.562. The monoisotopic (exact) mass is 324 g/mol. The van der Waals surface area contributed by atoms with Gasteiger partial charge >= 0.3 is 0 Å². The Kier molecular flexibility index (Phi) is 5.97. The largest absolute Gasteiger partial charge is 0.355 e. The first-order valence-electron chi connectivity index (χ1n) is 7.71. The Hall–Kier alpha value is -1.40. The van der Waals surface area contributed by atoms with Crippen LogP contribution < -0.4 is 5.32 Å². The smallest absolute Gasteiger partial charge is 0.234 e. The van der Waals surface area contributed by atoms with E-state index in [1.54, 1.807) is 0 Å². The lowest BCUT2D eigenvalue weighted by Gasteiger charge is -2.25. The third kappa shape index (κ3) is 5.42. The molecule has 1 heterocycles. The molecule has 22 heavy (non-hydrogen) atoms. The van der Waals surface area contributed by atoms with Gasteiger partial charge in [0.25, 0.3) is 0 Å². The molecule has 0 radical (unpaired) electrons. The minimum absolute atomic E-state index is 0.0282. The lowest BCUT2D eigenvalue weighted by Crippen LogP contribution is -2.45. The van der Waals surface area contributed by atoms with E-state index in [2.05, 4.69) is 24.4 Å². The van der Waals surface area contributed by atoms with E-state index in [1.165, 1.54) is 5.56 Å². The van der Waals surface area contributed by atoms with Gasteiger partial charge in [0.15, 0.2) is 9.84 Å². The number of nitrogens with zero attached hydrogens (tertiary/aromatic N) is 1. The van der Waals surface area contributed by atoms with Gasteiger partial charge in [-0.05, 0) is 17.9 Å². The molecule has 0 unspecified atom stereocenters. The lowest BCUT2D eigenvalue weighted by atomic mass is 9.98. The zero-order chi connectivity index (χ0) is 16.0. The molecule has 1 atom stereocenters. The maximum atomic E-state index is 11.9. The summed E-state index contributed by atoms with van der Waals surface area (Å²) < 4.78 is 22.7. The molecule has 0 saturated carbocycles. The van der Waals surface area contributed by atoms with Crippen molar-refractivity contribution in [2.75, 3.05) is 37.7 Å². The molecule has 0 aliphatic carbocycles. The van der Waals surface area contributed by atoms with Gasteiger partial charge in [0.1, 0.15) is 0 Å². The molecule has 1 N–H and O–H groups in total. The minimum Gasteiger partial charge on any atom is -0.355 e. The van der Waals surface area contributed by atoms with Crippen molar-refractivity contribution in [3.8, 4) is 0 Å². The molecule has 1 aromatic rings. The maximum Gasteiger partial charge on any atom is 0.234 e. The van der Waals surface area contributed by atoms with Gasteiger partial charge in [-0.1, -0.05) is 37.3 Å². The average Bonchev–Trinajstić information content (AvgIpc) is 2.50. The summed E-state index contributed by atoms with van der Waals surface area (Å²) in [5.41, 5.74) is 1.28. The van der Waals surface area contributed by atoms with Crippen LogP contribution in [0.4, 0.5) is 0 Å². The summed E-state index contributed by atoms with van der Waals surface area (Å²) in [5, 5.41) is 2.92. The number of hydrogen-bond acceptors (Lipinski definition) is 4. The molecule has 1 fully saturated rings. The molecule has 0 spiro atoms. The molecule has 1 saturated heterocycles. The second kappa shape index (κ2) is 7.74. The highest BCUT2D eigenvalue weighted by Gasteiger charge is 2.22. The van der Waals surface area contributed by atoms with Gasteiger partial charge in [0.2, 0.25) is 5.91 Å². The maximum absolute atomic E-state index is 11.9. The fourth-order valence-electron chi connectivity index (χ4n) is 2.54. The highest BCUT2D eigenvalue weighted by Crippen LogP contribution is 2.17. The Balaban J connectivity index is 1.66. The molecule has 6 heteroatoms. The highest BCUT2D eigenvalue weighted by atomic mass is 32.2. The molecule has 0 bridgehead atoms. The van der Waals surface area contributed by atoms with Gasteiger partial charge in [-0.2, -0.15) is 0 Å². The van der Waals surface area contributed by atoms with Crippen LogP contribution in [0.2, 0.25) is 0 Å². The molecule has 1 aliphatic rings. The molecule has 1 aliphatic heterocycles. The first-order valence-corrected chi connectivity index (χ1v) is 9.53. The molecular formula is C16H24N2O3S. The van der Waals surface area contributed by atoms with Gasteiger partial charge in [-0.3, -0.25) is 9.69 Å². The van der Waals surface area contributed by atoms with Crippen LogP contribution in [0.3, 0.4) is 0 Å². The van der Waals surface area contributed by atoms with Crippen LogP contribution in [0.15, 0.2) is 30.3 Å². The Morgan fingerprint density at radius 2 is 1.86 bits per heavy atom. The Labute approximate surface area is 132 Å². The normalized spacial score (nSPS) is 19.5. The number of hydrogen-bond donors (Lipinski definition) is 1. The van der Waals surface area contributed by atoms with Crippen LogP contribution in [-0.2, 0) is 14.6 Å². The van der Waals surface area contributed by atoms with E-state index < -0.39 is 9.84 Å². The number of carbonyl (C=O) groups is 1. The van der Waals surface area contributed by atoms with Crippen molar-refractivity contribution >= 4 is 15.7 Å². The van der Waals surface area contributed by atoms with E-state index in [0.717, 1.165) is 6.42 Å². The number of rotatable bonds is 6. The molecule has 2 rings (SSSR count). The summed E-state index contributed by atoms with van der Waals surface area (Å²) in [7, 11) is -2.88. The first-order chi connectivity index (χ1) is 10.5. The minimum atomic E-state index is -2.88. The third-order valence-corrected chi connectivity index (χ3v) is 5.68. The second-order valence-electron chi connectivity index (χ2n) is 5.88. The summed E-state index contributed by atoms with van der Waals surface area (Å²) in [6.45, 7) is 3.99. The van der Waals surface area contributed by atoms with Gasteiger partial charge in [-0.15, -0.1) is 0 Å². The Morgan fingerprint density at radius 1 is 1.23 bits per heavy atom. The number of amides is 1. The standard InChI is InChI=1S/C16H24N2O3S/c1-14(15-5-3-2-4-6-15)7-8-17-16(19)13-18-9-11-22(20,21)12-10-18/h2-6,14H,7-13H2,1H3,(H,17,19)/t14-/m0/s1. The summed E-state index contributed by atoms with van der Waals surface area (Å²) in [6.07, 6.45) is 0.893. The van der Waals surface area contributed by atoms with Crippen molar-refractivity contribution in [1.82, 2.24) is 10.2 Å². The average molecular weight is 324 g/mol. The molecule has 5 nitrogen and oxygen atoms in total. The Morgan fingerprint density at radius 3 is 2.50 bits per heavy atom. The fourth-order valence-corrected chi connectivity index (χ4v) is 3.82. The van der Waals surface area contributed by atoms with E-state index in [-0.39, 0.29) is 24.0 Å². The van der Waals surface area contributed by atoms with E-state index >= 15 is 0 Å². The number of sulfone groups is 1. The lowest BCUT2D eigenvalue weighted by molar-refractivity contribution is -0.122. The van der Waals surface area contributed by atoms with E-state index in [9.17, 15) is 13.2 Å². The number of benzene rings is 1. The third-order valence-electron chi connectivity index (χ3n) is 4.07. The summed E-state index contributed by atoms with van der Waals surface area (Å²) in [4.78, 5) is 13.8. The highest BCUT2D eigenvalue weighted by molar-refractivity contribution is 7.91. The van der Waals surface area contributed by atoms with Crippen molar-refractivity contribution in [1.29, 1.82) is 0 Å². The zero-order valence-electron chi connectivity index (χ0n) is 13.0. The summed E-state index contributed by atoms with van der Waals surface area (Å²) in [6, 6.07) is 10.2. The zero-order valence-corrected chi connectivity index (χ0v) is 13.8. The van der Waals surface area contributed by atoms with Crippen LogP contribution in [-0.4, -0.2) is 56.9 Å². The SMILES string of the molecule is C[C@@H](CCNC(=O)CN1CCS(=O)(=O)CC1)c1ccccc1. The molecule has 122 valence electrons. The van der Waals surface area contributed by atoms with Crippen LogP contribution in [0.5, 0.6) is 0 Å². The second-order valence-corrected chi connectivity index (χ2v) is 8.18. The quantitative estimate of drug-likeness (QED) is 0.849. The predicted molar refractivity (Wildman–Crippen MR) is 87.6 cm³/mol. The van der Waals surface area contributed by atoms with E-state index in [0.29, 0.717) is 25.6 Å². The number of nitrogens with one attached hydrogen (secondary N) is 1. The van der Waals surface area contributed by atoms with Crippen molar-refractivity contribution in [2.45, 2.75) is 19.3 Å². The Bertz CT molecular complexity index is 573. The van der Waals surface area contributed by atoms with Crippen LogP contribution >= 0.6 is 0 Å². The first kappa shape index (κ1) is 17.0. The molecule has 1 amide bonds. The van der Waals surface area contributed by atoms with Gasteiger partial charge < -0.3 is 5.32 Å². The molecule has 1 aromatic carbocycles. The van der Waals surface area contributed by atoms with Gasteiger partial charge in [-0.25, -0.2) is 8.42 Å². The van der Waals surface area contributed by atoms with Crippen molar-refractivity contribution in [2.24, 2.45) is 0 Å². The van der Waals surface area contributed by atoms with Gasteiger partial charge in [0.05, 0.1) is 18.1 Å².